The first kappa shape index (κ1) is 28.8. The summed E-state index contributed by atoms with van der Waals surface area (Å²) >= 11 is 0. The van der Waals surface area contributed by atoms with E-state index >= 15 is 0 Å². The van der Waals surface area contributed by atoms with E-state index in [0.717, 1.165) is 10.4 Å². The summed E-state index contributed by atoms with van der Waals surface area (Å²) in [5, 5.41) is 8.97. The molecule has 0 spiro atoms. The van der Waals surface area contributed by atoms with Gasteiger partial charge in [0.1, 0.15) is 5.69 Å². The molecular formula is C23H21F8N4P. The summed E-state index contributed by atoms with van der Waals surface area (Å²) < 4.78 is 78.2. The molecule has 0 aliphatic rings. The van der Waals surface area contributed by atoms with Gasteiger partial charge in [0.25, 0.3) is 5.69 Å². The summed E-state index contributed by atoms with van der Waals surface area (Å²) in [6.45, 7) is 6.41. The zero-order chi connectivity index (χ0) is 26.0. The molecule has 4 aromatic rings. The maximum Gasteiger partial charge on any atom is -1.00 e. The maximum atomic E-state index is 14.5. The molecular weight excluding hydrogens is 515 g/mol. The Balaban J connectivity index is 0.000000584. The zero-order valence-electron chi connectivity index (χ0n) is 19.2. The van der Waals surface area contributed by atoms with Crippen LogP contribution in [0.4, 0.5) is 29.8 Å². The summed E-state index contributed by atoms with van der Waals surface area (Å²) in [4.78, 5) is 2.56. The second-order valence-electron chi connectivity index (χ2n) is 8.47. The first-order chi connectivity index (χ1) is 16.1. The van der Waals surface area contributed by atoms with Crippen LogP contribution in [-0.4, -0.2) is 15.0 Å². The van der Waals surface area contributed by atoms with Crippen LogP contribution < -0.4 is 9.50 Å². The van der Waals surface area contributed by atoms with Gasteiger partial charge in [0.15, 0.2) is 11.6 Å². The van der Waals surface area contributed by atoms with E-state index in [1.807, 2.05) is 42.5 Å². The molecule has 0 radical (unpaired) electrons. The Hall–Kier alpha value is -3.40. The maximum absolute atomic E-state index is 14.5. The molecule has 13 heteroatoms. The van der Waals surface area contributed by atoms with E-state index in [2.05, 4.69) is 31.0 Å². The van der Waals surface area contributed by atoms with Crippen LogP contribution >= 0.6 is 8.16 Å². The number of hydrogen-bond acceptors (Lipinski definition) is 2. The van der Waals surface area contributed by atoms with Gasteiger partial charge in [0.05, 0.1) is 10.7 Å². The van der Waals surface area contributed by atoms with Crippen molar-refractivity contribution in [2.24, 2.45) is 0 Å². The third-order valence-corrected chi connectivity index (χ3v) is 4.69. The fourth-order valence-electron chi connectivity index (χ4n) is 3.07. The minimum Gasteiger partial charge on any atom is -1.00 e. The fraction of sp³-hybridized carbons (Fsp3) is 0.174. The van der Waals surface area contributed by atoms with Crippen molar-refractivity contribution in [1.82, 2.24) is 15.0 Å². The number of nitrogens with zero attached hydrogens (tertiary/aromatic N) is 4. The molecule has 194 valence electrons. The molecule has 0 aliphatic carbocycles. The van der Waals surface area contributed by atoms with E-state index in [1.54, 1.807) is 12.1 Å². The van der Waals surface area contributed by atoms with Crippen LogP contribution in [0.5, 0.6) is 0 Å². The van der Waals surface area contributed by atoms with Gasteiger partial charge in [-0.05, 0) is 57.3 Å². The van der Waals surface area contributed by atoms with Crippen LogP contribution in [0.1, 0.15) is 26.3 Å². The minimum absolute atomic E-state index is 0. The second kappa shape index (κ2) is 10.3. The molecule has 0 saturated carbocycles. The van der Waals surface area contributed by atoms with E-state index < -0.39 is 19.8 Å². The predicted octanol–water partition coefficient (Wildman–Crippen LogP) is 4.75. The number of tetrazole rings is 1. The summed E-state index contributed by atoms with van der Waals surface area (Å²) in [6, 6.07) is 20.7. The summed E-state index contributed by atoms with van der Waals surface area (Å²) in [7, 11) is -8.55. The van der Waals surface area contributed by atoms with Gasteiger partial charge in [-0.15, -0.1) is 0 Å². The number of hydrogen-bond donors (Lipinski definition) is 0. The number of para-hydroxylation sites is 2. The van der Waals surface area contributed by atoms with Crippen LogP contribution in [0.15, 0.2) is 72.8 Å². The summed E-state index contributed by atoms with van der Waals surface area (Å²) in [5.74, 6) is -1.06. The van der Waals surface area contributed by atoms with Gasteiger partial charge in [0.2, 0.25) is 0 Å². The van der Waals surface area contributed by atoms with E-state index in [1.165, 1.54) is 28.6 Å². The normalized spacial score (nSPS) is 12.6. The van der Waals surface area contributed by atoms with Crippen molar-refractivity contribution < 1.29 is 39.3 Å². The van der Waals surface area contributed by atoms with Crippen molar-refractivity contribution in [3.05, 3.63) is 90.0 Å². The zero-order valence-corrected chi connectivity index (χ0v) is 20.1. The van der Waals surface area contributed by atoms with Crippen LogP contribution in [0, 0.1) is 11.6 Å². The monoisotopic (exact) mass is 536 g/mol. The number of halogens is 8. The fourth-order valence-corrected chi connectivity index (χ4v) is 3.07. The topological polar surface area (TPSA) is 34.6 Å². The first-order valence-corrected chi connectivity index (χ1v) is 11.9. The van der Waals surface area contributed by atoms with E-state index in [-0.39, 0.29) is 15.8 Å². The Morgan fingerprint density at radius 3 is 1.72 bits per heavy atom. The van der Waals surface area contributed by atoms with Crippen molar-refractivity contribution in [1.29, 1.82) is 0 Å². The quantitative estimate of drug-likeness (QED) is 0.215. The van der Waals surface area contributed by atoms with Crippen molar-refractivity contribution >= 4 is 8.16 Å². The summed E-state index contributed by atoms with van der Waals surface area (Å²) in [5.41, 5.74) is 2.32. The molecule has 3 aromatic carbocycles. The van der Waals surface area contributed by atoms with Crippen molar-refractivity contribution in [3.63, 3.8) is 0 Å². The third kappa shape index (κ3) is 7.81. The minimum atomic E-state index is -8.55. The molecule has 1 heterocycles. The molecule has 0 aliphatic heterocycles. The Bertz CT molecular complexity index is 1270. The summed E-state index contributed by atoms with van der Waals surface area (Å²) in [6.07, 6.45) is 0. The molecule has 4 rings (SSSR count). The molecule has 0 unspecified atom stereocenters. The average Bonchev–Trinajstić information content (AvgIpc) is 3.17. The van der Waals surface area contributed by atoms with E-state index in [0.29, 0.717) is 11.5 Å². The predicted molar refractivity (Wildman–Crippen MR) is 119 cm³/mol. The van der Waals surface area contributed by atoms with Crippen LogP contribution in [0.3, 0.4) is 0 Å². The smallest absolute Gasteiger partial charge is 1.00 e. The average molecular weight is 536 g/mol. The van der Waals surface area contributed by atoms with Gasteiger partial charge in [-0.2, -0.15) is 0 Å². The van der Waals surface area contributed by atoms with E-state index in [9.17, 15) is 29.8 Å². The Labute approximate surface area is 201 Å². The van der Waals surface area contributed by atoms with Crippen LogP contribution in [-0.2, 0) is 5.41 Å². The van der Waals surface area contributed by atoms with Crippen molar-refractivity contribution in [2.45, 2.75) is 26.2 Å². The molecule has 36 heavy (non-hydrogen) atoms. The molecule has 4 nitrogen and oxygen atoms in total. The number of aromatic nitrogens is 4. The largest absolute Gasteiger partial charge is 1.00 e. The van der Waals surface area contributed by atoms with Crippen LogP contribution in [0.25, 0.3) is 22.8 Å². The third-order valence-electron chi connectivity index (χ3n) is 4.69. The first-order valence-electron chi connectivity index (χ1n) is 10.2. The van der Waals surface area contributed by atoms with Crippen molar-refractivity contribution in [3.8, 4) is 22.8 Å². The number of rotatable bonds is 3. The van der Waals surface area contributed by atoms with Gasteiger partial charge in [0, 0.05) is 4.80 Å². The molecule has 0 saturated heterocycles. The Morgan fingerprint density at radius 1 is 0.750 bits per heavy atom. The molecule has 0 bridgehead atoms. The van der Waals surface area contributed by atoms with Gasteiger partial charge < -0.3 is 4.70 Å². The molecule has 0 N–H and O–H groups in total. The molecule has 1 aromatic heterocycles. The molecule has 0 atom stereocenters. The van der Waals surface area contributed by atoms with Gasteiger partial charge in [-0.3, -0.25) is 0 Å². The van der Waals surface area contributed by atoms with Gasteiger partial charge >= 0.3 is 35.0 Å². The van der Waals surface area contributed by atoms with Gasteiger partial charge in [-0.25, -0.2) is 8.78 Å². The molecule has 0 fully saturated rings. The SMILES string of the molecule is CC(C)(C)c1ccc(-c2nn(-c3ccccc3)[n+](-c3c(F)cccc3F)n2)cc1.FP(F)(F)(F)F.[F-]. The van der Waals surface area contributed by atoms with Crippen LogP contribution in [0.2, 0.25) is 0 Å². The van der Waals surface area contributed by atoms with Gasteiger partial charge in [-0.1, -0.05) is 57.2 Å². The van der Waals surface area contributed by atoms with Crippen molar-refractivity contribution in [2.75, 3.05) is 0 Å². The van der Waals surface area contributed by atoms with E-state index in [4.69, 9.17) is 0 Å². The second-order valence-corrected chi connectivity index (χ2v) is 9.75. The Kier molecular flexibility index (Phi) is 8.25. The number of benzene rings is 3. The standard InChI is InChI=1S/C23H21F2N4.F5P.FH/c1-23(2,3)17-14-12-16(13-15-17)22-26-28(18-8-5-4-6-9-18)29(27-22)21-19(24)10-7-11-20(21)25;1-6(2,3,4)5;/h4-15H,1-3H3;;1H/q+1;;/p-1. The Morgan fingerprint density at radius 2 is 1.25 bits per heavy atom. The molecule has 0 amide bonds.